The number of amides is 1. The lowest BCUT2D eigenvalue weighted by molar-refractivity contribution is 0.0973. The lowest BCUT2D eigenvalue weighted by Crippen LogP contribution is -2.34. The van der Waals surface area contributed by atoms with E-state index in [-0.39, 0.29) is 11.0 Å². The Bertz CT molecular complexity index is 1050. The van der Waals surface area contributed by atoms with Crippen LogP contribution in [0.5, 0.6) is 11.5 Å². The second-order valence-corrected chi connectivity index (χ2v) is 8.48. The molecule has 172 valence electrons. The van der Waals surface area contributed by atoms with Gasteiger partial charge in [-0.25, -0.2) is 0 Å². The van der Waals surface area contributed by atoms with Gasteiger partial charge in [-0.05, 0) is 60.8 Å². The first-order valence-electron chi connectivity index (χ1n) is 11.1. The van der Waals surface area contributed by atoms with Crippen LogP contribution in [0.2, 0.25) is 0 Å². The molecule has 3 rings (SSSR count). The Balaban J connectivity index is 1.50. The summed E-state index contributed by atoms with van der Waals surface area (Å²) in [5, 5.41) is 5.98. The Hall–Kier alpha value is -3.38. The highest BCUT2D eigenvalue weighted by Gasteiger charge is 2.14. The molecule has 0 aliphatic carbocycles. The van der Waals surface area contributed by atoms with Crippen LogP contribution in [0.15, 0.2) is 78.9 Å². The maximum atomic E-state index is 12.7. The fraction of sp³-hybridized carbons (Fsp3) is 0.259. The predicted octanol–water partition coefficient (Wildman–Crippen LogP) is 5.86. The Morgan fingerprint density at radius 1 is 0.939 bits per heavy atom. The van der Waals surface area contributed by atoms with E-state index < -0.39 is 0 Å². The molecule has 2 N–H and O–H groups in total. The normalized spacial score (nSPS) is 10.5. The molecular weight excluding hydrogens is 432 g/mol. The van der Waals surface area contributed by atoms with Crippen LogP contribution in [0.4, 0.5) is 5.69 Å². The number of benzene rings is 3. The number of hydrogen-bond donors (Lipinski definition) is 2. The van der Waals surface area contributed by atoms with Gasteiger partial charge >= 0.3 is 0 Å². The molecule has 0 heterocycles. The minimum absolute atomic E-state index is 0.208. The van der Waals surface area contributed by atoms with Crippen LogP contribution in [-0.4, -0.2) is 24.2 Å². The molecular formula is C27H30N2O3S. The molecule has 33 heavy (non-hydrogen) atoms. The zero-order valence-corrected chi connectivity index (χ0v) is 19.9. The number of nitrogens with one attached hydrogen (secondary N) is 2. The quantitative estimate of drug-likeness (QED) is 0.292. The van der Waals surface area contributed by atoms with Crippen molar-refractivity contribution in [3.05, 3.63) is 90.0 Å². The second-order valence-electron chi connectivity index (χ2n) is 8.07. The third-order valence-corrected chi connectivity index (χ3v) is 4.95. The van der Waals surface area contributed by atoms with Crippen molar-refractivity contribution in [3.8, 4) is 11.5 Å². The molecule has 3 aromatic rings. The number of ether oxygens (including phenoxy) is 2. The first-order chi connectivity index (χ1) is 16.0. The molecule has 0 aliphatic rings. The zero-order chi connectivity index (χ0) is 23.5. The van der Waals surface area contributed by atoms with Gasteiger partial charge in [-0.15, -0.1) is 0 Å². The number of anilines is 1. The van der Waals surface area contributed by atoms with E-state index in [9.17, 15) is 4.79 Å². The van der Waals surface area contributed by atoms with E-state index in [1.165, 1.54) is 5.56 Å². The molecule has 0 aliphatic heterocycles. The van der Waals surface area contributed by atoms with Gasteiger partial charge in [0.25, 0.3) is 5.91 Å². The van der Waals surface area contributed by atoms with Crippen LogP contribution in [0.3, 0.4) is 0 Å². The lowest BCUT2D eigenvalue weighted by atomic mass is 10.1. The first kappa shape index (κ1) is 24.3. The molecule has 0 fully saturated rings. The van der Waals surface area contributed by atoms with E-state index in [4.69, 9.17) is 21.7 Å². The Labute approximate surface area is 201 Å². The van der Waals surface area contributed by atoms with Gasteiger partial charge in [0.1, 0.15) is 11.5 Å². The smallest absolute Gasteiger partial charge is 0.261 e. The SMILES string of the molecule is CC(C)COc1ccccc1C(=O)NC(=S)Nc1cccc(OCCCc2ccccc2)c1. The molecule has 5 nitrogen and oxygen atoms in total. The third kappa shape index (κ3) is 8.24. The molecule has 6 heteroatoms. The van der Waals surface area contributed by atoms with Gasteiger partial charge in [-0.2, -0.15) is 0 Å². The predicted molar refractivity (Wildman–Crippen MR) is 137 cm³/mol. The van der Waals surface area contributed by atoms with Crippen LogP contribution in [-0.2, 0) is 6.42 Å². The molecule has 0 bridgehead atoms. The summed E-state index contributed by atoms with van der Waals surface area (Å²) in [6, 6.07) is 25.0. The van der Waals surface area contributed by atoms with E-state index >= 15 is 0 Å². The number of hydrogen-bond acceptors (Lipinski definition) is 4. The highest BCUT2D eigenvalue weighted by Crippen LogP contribution is 2.20. The Morgan fingerprint density at radius 3 is 2.48 bits per heavy atom. The molecule has 0 unspecified atom stereocenters. The van der Waals surface area contributed by atoms with E-state index in [1.807, 2.05) is 48.5 Å². The van der Waals surface area contributed by atoms with Crippen molar-refractivity contribution in [2.24, 2.45) is 5.92 Å². The average Bonchev–Trinajstić information content (AvgIpc) is 2.81. The minimum atomic E-state index is -0.319. The van der Waals surface area contributed by atoms with E-state index in [2.05, 4.69) is 36.6 Å². The highest BCUT2D eigenvalue weighted by molar-refractivity contribution is 7.80. The van der Waals surface area contributed by atoms with Gasteiger partial charge in [0.15, 0.2) is 5.11 Å². The zero-order valence-electron chi connectivity index (χ0n) is 19.0. The monoisotopic (exact) mass is 462 g/mol. The molecule has 0 spiro atoms. The Kier molecular flexibility index (Phi) is 9.27. The van der Waals surface area contributed by atoms with Gasteiger partial charge in [-0.3, -0.25) is 10.1 Å². The fourth-order valence-electron chi connectivity index (χ4n) is 3.14. The number of rotatable bonds is 10. The minimum Gasteiger partial charge on any atom is -0.494 e. The molecule has 0 saturated carbocycles. The number of aryl methyl sites for hydroxylation is 1. The summed E-state index contributed by atoms with van der Waals surface area (Å²) in [4.78, 5) is 12.7. The lowest BCUT2D eigenvalue weighted by Gasteiger charge is -2.14. The van der Waals surface area contributed by atoms with Crippen LogP contribution in [0.1, 0.15) is 36.2 Å². The molecule has 0 saturated heterocycles. The summed E-state index contributed by atoms with van der Waals surface area (Å²) in [6.07, 6.45) is 1.89. The van der Waals surface area contributed by atoms with Crippen molar-refractivity contribution in [1.29, 1.82) is 0 Å². The van der Waals surface area contributed by atoms with Gasteiger partial charge in [-0.1, -0.05) is 62.4 Å². The van der Waals surface area contributed by atoms with Gasteiger partial charge in [0.05, 0.1) is 18.8 Å². The van der Waals surface area contributed by atoms with Crippen molar-refractivity contribution in [2.75, 3.05) is 18.5 Å². The molecule has 1 amide bonds. The largest absolute Gasteiger partial charge is 0.494 e. The number of thiocarbonyl (C=S) groups is 1. The topological polar surface area (TPSA) is 59.6 Å². The number of carbonyl (C=O) groups is 1. The van der Waals surface area contributed by atoms with Gasteiger partial charge in [0, 0.05) is 11.8 Å². The van der Waals surface area contributed by atoms with Crippen LogP contribution >= 0.6 is 12.2 Å². The Morgan fingerprint density at radius 2 is 1.70 bits per heavy atom. The second kappa shape index (κ2) is 12.6. The van der Waals surface area contributed by atoms with Gasteiger partial charge < -0.3 is 14.8 Å². The average molecular weight is 463 g/mol. The highest BCUT2D eigenvalue weighted by atomic mass is 32.1. The number of carbonyl (C=O) groups excluding carboxylic acids is 1. The van der Waals surface area contributed by atoms with Crippen LogP contribution < -0.4 is 20.1 Å². The maximum Gasteiger partial charge on any atom is 0.261 e. The van der Waals surface area contributed by atoms with Crippen molar-refractivity contribution in [3.63, 3.8) is 0 Å². The van der Waals surface area contributed by atoms with E-state index in [0.717, 1.165) is 24.3 Å². The summed E-state index contributed by atoms with van der Waals surface area (Å²) in [5.74, 6) is 1.32. The molecule has 3 aromatic carbocycles. The molecule has 0 atom stereocenters. The van der Waals surface area contributed by atoms with E-state index in [0.29, 0.717) is 30.4 Å². The summed E-state index contributed by atoms with van der Waals surface area (Å²) >= 11 is 5.34. The standard InChI is InChI=1S/C27H30N2O3S/c1-20(2)19-32-25-16-7-6-15-24(25)26(30)29-27(33)28-22-13-8-14-23(18-22)31-17-9-12-21-10-4-3-5-11-21/h3-8,10-11,13-16,18,20H,9,12,17,19H2,1-2H3,(H2,28,29,30,33). The van der Waals surface area contributed by atoms with Crippen LogP contribution in [0.25, 0.3) is 0 Å². The van der Waals surface area contributed by atoms with E-state index in [1.54, 1.807) is 18.2 Å². The maximum absolute atomic E-state index is 12.7. The van der Waals surface area contributed by atoms with Crippen molar-refractivity contribution < 1.29 is 14.3 Å². The van der Waals surface area contributed by atoms with Crippen molar-refractivity contribution in [2.45, 2.75) is 26.7 Å². The summed E-state index contributed by atoms with van der Waals surface area (Å²) < 4.78 is 11.6. The van der Waals surface area contributed by atoms with Crippen LogP contribution in [0, 0.1) is 5.92 Å². The number of para-hydroxylation sites is 1. The summed E-state index contributed by atoms with van der Waals surface area (Å²) in [6.45, 7) is 5.27. The molecule has 0 radical (unpaired) electrons. The van der Waals surface area contributed by atoms with Crippen molar-refractivity contribution >= 4 is 28.9 Å². The summed E-state index contributed by atoms with van der Waals surface area (Å²) in [5.41, 5.74) is 2.48. The molecule has 0 aromatic heterocycles. The fourth-order valence-corrected chi connectivity index (χ4v) is 3.35. The first-order valence-corrected chi connectivity index (χ1v) is 11.5. The van der Waals surface area contributed by atoms with Crippen molar-refractivity contribution in [1.82, 2.24) is 5.32 Å². The third-order valence-electron chi connectivity index (χ3n) is 4.74. The summed E-state index contributed by atoms with van der Waals surface area (Å²) in [7, 11) is 0. The van der Waals surface area contributed by atoms with Gasteiger partial charge in [0.2, 0.25) is 0 Å².